The summed E-state index contributed by atoms with van der Waals surface area (Å²) >= 11 is 0. The summed E-state index contributed by atoms with van der Waals surface area (Å²) in [5, 5.41) is 5.26. The van der Waals surface area contributed by atoms with Gasteiger partial charge in [0.15, 0.2) is 0 Å². The Morgan fingerprint density at radius 3 is 2.54 bits per heavy atom. The van der Waals surface area contributed by atoms with E-state index in [0.29, 0.717) is 11.5 Å². The first-order valence-electron chi connectivity index (χ1n) is 12.5. The van der Waals surface area contributed by atoms with Crippen LogP contribution in [0.25, 0.3) is 10.8 Å². The average molecular weight is 474 g/mol. The Morgan fingerprint density at radius 2 is 1.80 bits per heavy atom. The Kier molecular flexibility index (Phi) is 6.30. The van der Waals surface area contributed by atoms with E-state index in [9.17, 15) is 14.0 Å². The van der Waals surface area contributed by atoms with Crippen molar-refractivity contribution in [1.29, 1.82) is 0 Å². The van der Waals surface area contributed by atoms with Gasteiger partial charge in [0, 0.05) is 29.9 Å². The lowest BCUT2D eigenvalue weighted by Gasteiger charge is -2.43. The second kappa shape index (κ2) is 9.40. The van der Waals surface area contributed by atoms with Crippen molar-refractivity contribution in [3.63, 3.8) is 0 Å². The lowest BCUT2D eigenvalue weighted by atomic mass is 9.84. The Bertz CT molecular complexity index is 1240. The van der Waals surface area contributed by atoms with Crippen LogP contribution in [0, 0.1) is 11.7 Å². The van der Waals surface area contributed by atoms with Gasteiger partial charge in [-0.15, -0.1) is 0 Å². The number of amides is 2. The average Bonchev–Trinajstić information content (AvgIpc) is 3.07. The van der Waals surface area contributed by atoms with E-state index in [2.05, 4.69) is 34.6 Å². The van der Waals surface area contributed by atoms with Crippen LogP contribution in [0.2, 0.25) is 0 Å². The first-order chi connectivity index (χ1) is 16.8. The highest BCUT2D eigenvalue weighted by Gasteiger charge is 2.47. The summed E-state index contributed by atoms with van der Waals surface area (Å²) in [6.45, 7) is 3.54. The highest BCUT2D eigenvalue weighted by Crippen LogP contribution is 2.41. The molecule has 2 fully saturated rings. The van der Waals surface area contributed by atoms with E-state index in [4.69, 9.17) is 0 Å². The molecule has 3 heterocycles. The van der Waals surface area contributed by atoms with Crippen molar-refractivity contribution in [3.8, 4) is 0 Å². The van der Waals surface area contributed by atoms with Crippen molar-refractivity contribution in [2.75, 3.05) is 0 Å². The molecule has 2 aromatic carbocycles. The van der Waals surface area contributed by atoms with Gasteiger partial charge < -0.3 is 10.2 Å². The summed E-state index contributed by atoms with van der Waals surface area (Å²) in [6, 6.07) is 15.1. The molecular formula is C29H32FN3O2. The van der Waals surface area contributed by atoms with Gasteiger partial charge in [0.1, 0.15) is 11.4 Å². The Morgan fingerprint density at radius 1 is 1.03 bits per heavy atom. The van der Waals surface area contributed by atoms with Crippen LogP contribution >= 0.6 is 0 Å². The molecule has 2 aliphatic rings. The lowest BCUT2D eigenvalue weighted by Crippen LogP contribution is -2.60. The fraction of sp³-hybridized carbons (Fsp3) is 0.414. The molecule has 2 bridgehead atoms. The minimum absolute atomic E-state index is 0.0192. The van der Waals surface area contributed by atoms with Gasteiger partial charge in [0.2, 0.25) is 11.8 Å². The number of carbonyl (C=O) groups is 2. The number of nitrogens with one attached hydrogen (secondary N) is 1. The number of halogens is 1. The monoisotopic (exact) mass is 473 g/mol. The number of piperidine rings is 1. The predicted octanol–water partition coefficient (Wildman–Crippen LogP) is 4.82. The number of hydrogen-bond acceptors (Lipinski definition) is 3. The molecule has 2 amide bonds. The maximum atomic E-state index is 13.6. The molecule has 5 rings (SSSR count). The molecule has 5 nitrogen and oxygen atoms in total. The zero-order chi connectivity index (χ0) is 24.6. The number of rotatable bonds is 6. The van der Waals surface area contributed by atoms with Crippen molar-refractivity contribution in [1.82, 2.24) is 15.2 Å². The summed E-state index contributed by atoms with van der Waals surface area (Å²) in [7, 11) is 0. The van der Waals surface area contributed by atoms with Crippen molar-refractivity contribution >= 4 is 22.6 Å². The SMILES string of the molecule is CC(C)(NC(=O)Cc1cccc(F)c1)C(=O)N1C2CCC1CC(Cc1ccc3cnccc3c1)C2. The van der Waals surface area contributed by atoms with E-state index in [1.165, 1.54) is 23.1 Å². The largest absolute Gasteiger partial charge is 0.342 e. The molecule has 1 aromatic heterocycles. The quantitative estimate of drug-likeness (QED) is 0.558. The topological polar surface area (TPSA) is 62.3 Å². The van der Waals surface area contributed by atoms with Gasteiger partial charge in [-0.25, -0.2) is 4.39 Å². The summed E-state index contributed by atoms with van der Waals surface area (Å²) in [5.41, 5.74) is 0.916. The molecule has 182 valence electrons. The molecule has 2 atom stereocenters. The number of pyridine rings is 1. The van der Waals surface area contributed by atoms with Crippen molar-refractivity contribution in [3.05, 3.63) is 77.9 Å². The van der Waals surface area contributed by atoms with E-state index in [1.807, 2.05) is 17.3 Å². The Balaban J connectivity index is 1.22. The molecule has 1 N–H and O–H groups in total. The minimum Gasteiger partial charge on any atom is -0.342 e. The van der Waals surface area contributed by atoms with E-state index in [0.717, 1.165) is 37.5 Å². The van der Waals surface area contributed by atoms with Gasteiger partial charge in [-0.05, 0) is 86.6 Å². The van der Waals surface area contributed by atoms with E-state index >= 15 is 0 Å². The molecular weight excluding hydrogens is 441 g/mol. The van der Waals surface area contributed by atoms with Crippen LogP contribution in [0.1, 0.15) is 50.7 Å². The molecule has 2 unspecified atom stereocenters. The van der Waals surface area contributed by atoms with E-state index in [1.54, 1.807) is 26.0 Å². The summed E-state index contributed by atoms with van der Waals surface area (Å²) in [5.74, 6) is -0.121. The Labute approximate surface area is 205 Å². The van der Waals surface area contributed by atoms with Crippen LogP contribution in [0.3, 0.4) is 0 Å². The summed E-state index contributed by atoms with van der Waals surface area (Å²) < 4.78 is 13.5. The first-order valence-corrected chi connectivity index (χ1v) is 12.5. The maximum absolute atomic E-state index is 13.6. The zero-order valence-corrected chi connectivity index (χ0v) is 20.3. The molecule has 2 saturated heterocycles. The van der Waals surface area contributed by atoms with E-state index < -0.39 is 5.54 Å². The van der Waals surface area contributed by atoms with Crippen LogP contribution in [-0.4, -0.2) is 39.3 Å². The number of aromatic nitrogens is 1. The smallest absolute Gasteiger partial charge is 0.248 e. The van der Waals surface area contributed by atoms with Crippen LogP contribution in [0.15, 0.2) is 60.9 Å². The van der Waals surface area contributed by atoms with Crippen LogP contribution < -0.4 is 5.32 Å². The number of hydrogen-bond donors (Lipinski definition) is 1. The number of fused-ring (bicyclic) bond motifs is 3. The third-order valence-electron chi connectivity index (χ3n) is 7.53. The van der Waals surface area contributed by atoms with Crippen molar-refractivity contribution in [2.45, 2.75) is 70.0 Å². The van der Waals surface area contributed by atoms with Crippen molar-refractivity contribution in [2.24, 2.45) is 5.92 Å². The van der Waals surface area contributed by atoms with E-state index in [-0.39, 0.29) is 36.1 Å². The number of nitrogens with zero attached hydrogens (tertiary/aromatic N) is 2. The molecule has 35 heavy (non-hydrogen) atoms. The highest BCUT2D eigenvalue weighted by molar-refractivity contribution is 5.92. The zero-order valence-electron chi connectivity index (χ0n) is 20.3. The fourth-order valence-corrected chi connectivity index (χ4v) is 5.98. The molecule has 0 spiro atoms. The molecule has 0 radical (unpaired) electrons. The summed E-state index contributed by atoms with van der Waals surface area (Å²) in [6.07, 6.45) is 8.80. The van der Waals surface area contributed by atoms with Gasteiger partial charge >= 0.3 is 0 Å². The molecule has 0 saturated carbocycles. The first kappa shape index (κ1) is 23.5. The molecule has 6 heteroatoms. The van der Waals surface area contributed by atoms with Crippen LogP contribution in [0.4, 0.5) is 4.39 Å². The fourth-order valence-electron chi connectivity index (χ4n) is 5.98. The van der Waals surface area contributed by atoms with Crippen molar-refractivity contribution < 1.29 is 14.0 Å². The predicted molar refractivity (Wildman–Crippen MR) is 134 cm³/mol. The Hall–Kier alpha value is -3.28. The van der Waals surface area contributed by atoms with Gasteiger partial charge in [0.25, 0.3) is 0 Å². The van der Waals surface area contributed by atoms with Gasteiger partial charge in [-0.2, -0.15) is 0 Å². The minimum atomic E-state index is -1.01. The second-order valence-corrected chi connectivity index (χ2v) is 10.7. The van der Waals surface area contributed by atoms with Gasteiger partial charge in [-0.3, -0.25) is 14.6 Å². The highest BCUT2D eigenvalue weighted by atomic mass is 19.1. The normalized spacial score (nSPS) is 21.8. The third-order valence-corrected chi connectivity index (χ3v) is 7.53. The van der Waals surface area contributed by atoms with Crippen LogP contribution in [0.5, 0.6) is 0 Å². The third kappa shape index (κ3) is 5.07. The standard InChI is InChI=1S/C29H32FN3O2/c1-29(2,32-27(34)17-19-4-3-5-24(30)14-19)28(35)33-25-8-9-26(33)16-21(15-25)12-20-6-7-23-18-31-11-10-22(23)13-20/h3-7,10-11,13-14,18,21,25-26H,8-9,12,15-17H2,1-2H3,(H,32,34). The lowest BCUT2D eigenvalue weighted by molar-refractivity contribution is -0.145. The number of benzene rings is 2. The maximum Gasteiger partial charge on any atom is 0.248 e. The second-order valence-electron chi connectivity index (χ2n) is 10.7. The van der Waals surface area contributed by atoms with Gasteiger partial charge in [0.05, 0.1) is 6.42 Å². The summed E-state index contributed by atoms with van der Waals surface area (Å²) in [4.78, 5) is 32.5. The molecule has 0 aliphatic carbocycles. The number of carbonyl (C=O) groups excluding carboxylic acids is 2. The van der Waals surface area contributed by atoms with Crippen LogP contribution in [-0.2, 0) is 22.4 Å². The molecule has 2 aliphatic heterocycles. The molecule has 3 aromatic rings. The van der Waals surface area contributed by atoms with Gasteiger partial charge in [-0.1, -0.05) is 30.3 Å².